The molecule has 2 nitrogen and oxygen atoms in total. The van der Waals surface area contributed by atoms with Crippen LogP contribution < -0.4 is 9.47 Å². The molecule has 0 aliphatic rings. The Labute approximate surface area is 127 Å². The molecule has 0 spiro atoms. The van der Waals surface area contributed by atoms with Crippen LogP contribution in [0.1, 0.15) is 16.5 Å². The van der Waals surface area contributed by atoms with Crippen molar-refractivity contribution in [3.8, 4) is 11.5 Å². The van der Waals surface area contributed by atoms with E-state index >= 15 is 0 Å². The molecule has 0 saturated carbocycles. The molecule has 0 N–H and O–H groups in total. The van der Waals surface area contributed by atoms with E-state index in [-0.39, 0.29) is 11.1 Å². The van der Waals surface area contributed by atoms with Gasteiger partial charge in [0, 0.05) is 0 Å². The van der Waals surface area contributed by atoms with Gasteiger partial charge in [0.2, 0.25) is 0 Å². The molecule has 21 heavy (non-hydrogen) atoms. The smallest absolute Gasteiger partial charge is 0.387 e. The van der Waals surface area contributed by atoms with Crippen LogP contribution in [0.25, 0.3) is 0 Å². The van der Waals surface area contributed by atoms with E-state index in [2.05, 4.69) is 4.74 Å². The molecule has 2 rings (SSSR count). The van der Waals surface area contributed by atoms with Gasteiger partial charge in [-0.2, -0.15) is 8.78 Å². The quantitative estimate of drug-likeness (QED) is 0.712. The molecule has 1 unspecified atom stereocenters. The summed E-state index contributed by atoms with van der Waals surface area (Å²) < 4.78 is 33.8. The number of benzene rings is 2. The Morgan fingerprint density at radius 2 is 1.71 bits per heavy atom. The van der Waals surface area contributed by atoms with Crippen LogP contribution in [0.4, 0.5) is 8.78 Å². The first-order valence-electron chi connectivity index (χ1n) is 6.41. The van der Waals surface area contributed by atoms with Gasteiger partial charge in [0.25, 0.3) is 0 Å². The molecule has 0 amide bonds. The van der Waals surface area contributed by atoms with E-state index in [1.54, 1.807) is 19.2 Å². The molecule has 1 atom stereocenters. The third kappa shape index (κ3) is 4.33. The molecule has 112 valence electrons. The molecular formula is C16H15ClF2O2. The standard InChI is InChI=1S/C16H15ClF2O2/c1-20-15-5-3-2-4-12(15)10-14(17)11-6-8-13(9-7-11)21-16(18)19/h2-9,14,16H,10H2,1H3. The average Bonchev–Trinajstić information content (AvgIpc) is 2.48. The first-order valence-corrected chi connectivity index (χ1v) is 6.84. The monoisotopic (exact) mass is 312 g/mol. The van der Waals surface area contributed by atoms with Gasteiger partial charge in [0.1, 0.15) is 11.5 Å². The number of para-hydroxylation sites is 1. The van der Waals surface area contributed by atoms with Crippen molar-refractivity contribution in [2.45, 2.75) is 18.4 Å². The number of halogens is 3. The summed E-state index contributed by atoms with van der Waals surface area (Å²) in [6.45, 7) is -2.82. The zero-order valence-electron chi connectivity index (χ0n) is 11.4. The Bertz CT molecular complexity index is 573. The summed E-state index contributed by atoms with van der Waals surface area (Å²) in [6, 6.07) is 14.0. The van der Waals surface area contributed by atoms with Crippen LogP contribution in [0.5, 0.6) is 11.5 Å². The molecule has 0 aliphatic carbocycles. The normalized spacial score (nSPS) is 12.2. The lowest BCUT2D eigenvalue weighted by Gasteiger charge is -2.13. The first-order chi connectivity index (χ1) is 10.1. The molecule has 0 aliphatic heterocycles. The van der Waals surface area contributed by atoms with E-state index in [4.69, 9.17) is 16.3 Å². The Morgan fingerprint density at radius 1 is 1.05 bits per heavy atom. The molecule has 0 bridgehead atoms. The summed E-state index contributed by atoms with van der Waals surface area (Å²) in [4.78, 5) is 0. The number of hydrogen-bond donors (Lipinski definition) is 0. The molecule has 0 aromatic heterocycles. The van der Waals surface area contributed by atoms with Crippen LogP contribution in [0, 0.1) is 0 Å². The summed E-state index contributed by atoms with van der Waals surface area (Å²) in [5.41, 5.74) is 1.83. The van der Waals surface area contributed by atoms with Crippen molar-refractivity contribution >= 4 is 11.6 Å². The van der Waals surface area contributed by atoms with Gasteiger partial charge >= 0.3 is 6.61 Å². The second kappa shape index (κ2) is 7.27. The van der Waals surface area contributed by atoms with Crippen LogP contribution >= 0.6 is 11.6 Å². The minimum Gasteiger partial charge on any atom is -0.496 e. The maximum atomic E-state index is 12.1. The molecule has 2 aromatic rings. The summed E-state index contributed by atoms with van der Waals surface area (Å²) in [6.07, 6.45) is 0.584. The fraction of sp³-hybridized carbons (Fsp3) is 0.250. The highest BCUT2D eigenvalue weighted by Crippen LogP contribution is 2.30. The number of hydrogen-bond acceptors (Lipinski definition) is 2. The molecule has 2 aromatic carbocycles. The van der Waals surface area contributed by atoms with Crippen molar-refractivity contribution in [2.24, 2.45) is 0 Å². The summed E-state index contributed by atoms with van der Waals surface area (Å²) in [5, 5.41) is -0.276. The predicted octanol–water partition coefficient (Wildman–Crippen LogP) is 4.82. The van der Waals surface area contributed by atoms with E-state index in [1.807, 2.05) is 24.3 Å². The van der Waals surface area contributed by atoms with Crippen molar-refractivity contribution in [2.75, 3.05) is 7.11 Å². The number of methoxy groups -OCH3 is 1. The third-order valence-electron chi connectivity index (χ3n) is 3.06. The minimum atomic E-state index is -2.82. The highest BCUT2D eigenvalue weighted by atomic mass is 35.5. The van der Waals surface area contributed by atoms with E-state index < -0.39 is 6.61 Å². The highest BCUT2D eigenvalue weighted by molar-refractivity contribution is 6.20. The maximum absolute atomic E-state index is 12.1. The molecule has 0 heterocycles. The fourth-order valence-corrected chi connectivity index (χ4v) is 2.35. The third-order valence-corrected chi connectivity index (χ3v) is 3.46. The Kier molecular flexibility index (Phi) is 5.39. The van der Waals surface area contributed by atoms with Gasteiger partial charge in [-0.3, -0.25) is 0 Å². The molecule has 0 fully saturated rings. The second-order valence-corrected chi connectivity index (χ2v) is 4.96. The van der Waals surface area contributed by atoms with Gasteiger partial charge < -0.3 is 9.47 Å². The van der Waals surface area contributed by atoms with E-state index in [0.717, 1.165) is 16.9 Å². The van der Waals surface area contributed by atoms with Gasteiger partial charge in [-0.05, 0) is 35.7 Å². The van der Waals surface area contributed by atoms with E-state index in [1.165, 1.54) is 12.1 Å². The van der Waals surface area contributed by atoms with Crippen LogP contribution in [0.15, 0.2) is 48.5 Å². The Hall–Kier alpha value is -1.81. The van der Waals surface area contributed by atoms with Crippen molar-refractivity contribution < 1.29 is 18.3 Å². The largest absolute Gasteiger partial charge is 0.496 e. The average molecular weight is 313 g/mol. The zero-order chi connectivity index (χ0) is 15.2. The van der Waals surface area contributed by atoms with Crippen molar-refractivity contribution in [3.63, 3.8) is 0 Å². The zero-order valence-corrected chi connectivity index (χ0v) is 12.2. The lowest BCUT2D eigenvalue weighted by atomic mass is 10.0. The lowest BCUT2D eigenvalue weighted by molar-refractivity contribution is -0.0498. The molecule has 0 saturated heterocycles. The minimum absolute atomic E-state index is 0.120. The SMILES string of the molecule is COc1ccccc1CC(Cl)c1ccc(OC(F)F)cc1. The van der Waals surface area contributed by atoms with E-state index in [9.17, 15) is 8.78 Å². The second-order valence-electron chi connectivity index (χ2n) is 4.43. The Balaban J connectivity index is 2.07. The topological polar surface area (TPSA) is 18.5 Å². The molecule has 0 radical (unpaired) electrons. The molecular weight excluding hydrogens is 298 g/mol. The van der Waals surface area contributed by atoms with E-state index in [0.29, 0.717) is 6.42 Å². The molecule has 5 heteroatoms. The van der Waals surface area contributed by atoms with Crippen molar-refractivity contribution in [1.82, 2.24) is 0 Å². The predicted molar refractivity (Wildman–Crippen MR) is 78.4 cm³/mol. The van der Waals surface area contributed by atoms with Crippen LogP contribution in [-0.2, 0) is 6.42 Å². The van der Waals surface area contributed by atoms with Crippen molar-refractivity contribution in [3.05, 3.63) is 59.7 Å². The maximum Gasteiger partial charge on any atom is 0.387 e. The lowest BCUT2D eigenvalue weighted by Crippen LogP contribution is -2.02. The number of rotatable bonds is 6. The highest BCUT2D eigenvalue weighted by Gasteiger charge is 2.12. The van der Waals surface area contributed by atoms with Crippen LogP contribution in [-0.4, -0.2) is 13.7 Å². The van der Waals surface area contributed by atoms with Gasteiger partial charge in [-0.15, -0.1) is 11.6 Å². The summed E-state index contributed by atoms with van der Waals surface area (Å²) in [5.74, 6) is 0.899. The van der Waals surface area contributed by atoms with Gasteiger partial charge in [-0.1, -0.05) is 30.3 Å². The van der Waals surface area contributed by atoms with Crippen LogP contribution in [0.2, 0.25) is 0 Å². The summed E-state index contributed by atoms with van der Waals surface area (Å²) >= 11 is 6.38. The van der Waals surface area contributed by atoms with Gasteiger partial charge in [0.15, 0.2) is 0 Å². The summed E-state index contributed by atoms with van der Waals surface area (Å²) in [7, 11) is 1.61. The first kappa shape index (κ1) is 15.6. The van der Waals surface area contributed by atoms with Gasteiger partial charge in [-0.25, -0.2) is 0 Å². The van der Waals surface area contributed by atoms with Gasteiger partial charge in [0.05, 0.1) is 12.5 Å². The van der Waals surface area contributed by atoms with Crippen molar-refractivity contribution in [1.29, 1.82) is 0 Å². The number of alkyl halides is 3. The Morgan fingerprint density at radius 3 is 2.33 bits per heavy atom. The fourth-order valence-electron chi connectivity index (χ4n) is 2.04. The number of ether oxygens (including phenoxy) is 2. The van der Waals surface area contributed by atoms with Crippen LogP contribution in [0.3, 0.4) is 0 Å².